The van der Waals surface area contributed by atoms with E-state index in [2.05, 4.69) is 156 Å². The highest BCUT2D eigenvalue weighted by atomic mass is 15.0. The summed E-state index contributed by atoms with van der Waals surface area (Å²) in [7, 11) is 0. The van der Waals surface area contributed by atoms with Crippen molar-refractivity contribution < 1.29 is 0 Å². The molecule has 0 N–H and O–H groups in total. The molecule has 230 valence electrons. The van der Waals surface area contributed by atoms with E-state index in [1.54, 1.807) is 0 Å². The molecule has 7 aromatic carbocycles. The fourth-order valence-electron chi connectivity index (χ4n) is 6.81. The van der Waals surface area contributed by atoms with Crippen LogP contribution >= 0.6 is 0 Å². The molecule has 0 bridgehead atoms. The third kappa shape index (κ3) is 5.38. The monoisotopic (exact) mass is 625 g/mol. The maximum atomic E-state index is 5.05. The lowest BCUT2D eigenvalue weighted by molar-refractivity contribution is 1.18. The predicted octanol–water partition coefficient (Wildman–Crippen LogP) is 11.9. The summed E-state index contributed by atoms with van der Waals surface area (Å²) in [5, 5.41) is 2.54. The molecule has 2 aromatic heterocycles. The number of fused-ring (bicyclic) bond motifs is 3. The van der Waals surface area contributed by atoms with E-state index in [9.17, 15) is 0 Å². The summed E-state index contributed by atoms with van der Waals surface area (Å²) in [5.74, 6) is 0.716. The van der Waals surface area contributed by atoms with Crippen LogP contribution in [-0.4, -0.2) is 14.5 Å². The Hall–Kier alpha value is -6.58. The van der Waals surface area contributed by atoms with Gasteiger partial charge in [0.25, 0.3) is 0 Å². The third-order valence-electron chi connectivity index (χ3n) is 9.22. The largest absolute Gasteiger partial charge is 0.309 e. The van der Waals surface area contributed by atoms with E-state index in [-0.39, 0.29) is 0 Å². The van der Waals surface area contributed by atoms with Crippen molar-refractivity contribution in [3.05, 3.63) is 188 Å². The van der Waals surface area contributed by atoms with Gasteiger partial charge in [-0.3, -0.25) is 0 Å². The molecule has 0 aliphatic rings. The topological polar surface area (TPSA) is 30.7 Å². The summed E-state index contributed by atoms with van der Waals surface area (Å²) in [6.45, 7) is 0. The standard InChI is InChI=1S/C46H31N3/c1-3-13-33(14-4-1)42-31-43(48-46(47-42)34-15-5-2-6-16-34)38-20-12-19-37(30-38)36-18-11-17-35(29-36)32-25-27-39(28-26-32)49-44-23-9-7-21-40(44)41-22-8-10-24-45(41)49/h1-31H. The van der Waals surface area contributed by atoms with Crippen LogP contribution in [-0.2, 0) is 0 Å². The fourth-order valence-corrected chi connectivity index (χ4v) is 6.81. The number of hydrogen-bond acceptors (Lipinski definition) is 2. The Morgan fingerprint density at radius 3 is 1.37 bits per heavy atom. The van der Waals surface area contributed by atoms with E-state index in [4.69, 9.17) is 9.97 Å². The first kappa shape index (κ1) is 28.6. The molecule has 3 heteroatoms. The van der Waals surface area contributed by atoms with Gasteiger partial charge in [0.05, 0.1) is 22.4 Å². The minimum Gasteiger partial charge on any atom is -0.309 e. The smallest absolute Gasteiger partial charge is 0.160 e. The van der Waals surface area contributed by atoms with Crippen molar-refractivity contribution in [1.82, 2.24) is 14.5 Å². The van der Waals surface area contributed by atoms with E-state index in [1.807, 2.05) is 36.4 Å². The Balaban J connectivity index is 1.07. The van der Waals surface area contributed by atoms with Gasteiger partial charge in [0.2, 0.25) is 0 Å². The van der Waals surface area contributed by atoms with Crippen LogP contribution in [0.2, 0.25) is 0 Å². The van der Waals surface area contributed by atoms with Gasteiger partial charge >= 0.3 is 0 Å². The van der Waals surface area contributed by atoms with Gasteiger partial charge < -0.3 is 4.57 Å². The van der Waals surface area contributed by atoms with E-state index >= 15 is 0 Å². The highest BCUT2D eigenvalue weighted by Gasteiger charge is 2.13. The van der Waals surface area contributed by atoms with E-state index in [0.29, 0.717) is 5.82 Å². The molecule has 0 fully saturated rings. The Morgan fingerprint density at radius 2 is 0.755 bits per heavy atom. The number of aromatic nitrogens is 3. The summed E-state index contributed by atoms with van der Waals surface area (Å²) < 4.78 is 2.36. The molecule has 9 aromatic rings. The molecule has 49 heavy (non-hydrogen) atoms. The molecule has 3 nitrogen and oxygen atoms in total. The van der Waals surface area contributed by atoms with Crippen LogP contribution in [0.3, 0.4) is 0 Å². The number of benzene rings is 7. The van der Waals surface area contributed by atoms with Gasteiger partial charge in [0.15, 0.2) is 5.82 Å². The van der Waals surface area contributed by atoms with Crippen LogP contribution in [0.1, 0.15) is 0 Å². The second-order valence-corrected chi connectivity index (χ2v) is 12.3. The molecule has 0 saturated carbocycles. The van der Waals surface area contributed by atoms with Crippen molar-refractivity contribution in [2.24, 2.45) is 0 Å². The summed E-state index contributed by atoms with van der Waals surface area (Å²) >= 11 is 0. The molecule has 0 saturated heterocycles. The molecule has 0 radical (unpaired) electrons. The molecular weight excluding hydrogens is 595 g/mol. The van der Waals surface area contributed by atoms with Gasteiger partial charge in [-0.25, -0.2) is 9.97 Å². The lowest BCUT2D eigenvalue weighted by Crippen LogP contribution is -1.96. The second-order valence-electron chi connectivity index (χ2n) is 12.3. The predicted molar refractivity (Wildman–Crippen MR) is 204 cm³/mol. The van der Waals surface area contributed by atoms with Crippen molar-refractivity contribution in [3.63, 3.8) is 0 Å². The van der Waals surface area contributed by atoms with Gasteiger partial charge in [-0.2, -0.15) is 0 Å². The first-order valence-electron chi connectivity index (χ1n) is 16.6. The van der Waals surface area contributed by atoms with Crippen LogP contribution in [0.5, 0.6) is 0 Å². The van der Waals surface area contributed by atoms with Gasteiger partial charge in [0, 0.05) is 33.2 Å². The van der Waals surface area contributed by atoms with Crippen LogP contribution < -0.4 is 0 Å². The molecule has 0 unspecified atom stereocenters. The van der Waals surface area contributed by atoms with Gasteiger partial charge in [-0.05, 0) is 64.7 Å². The first-order valence-corrected chi connectivity index (χ1v) is 16.6. The highest BCUT2D eigenvalue weighted by molar-refractivity contribution is 6.09. The van der Waals surface area contributed by atoms with Crippen molar-refractivity contribution >= 4 is 21.8 Å². The van der Waals surface area contributed by atoms with Gasteiger partial charge in [0.1, 0.15) is 0 Å². The molecule has 0 aliphatic heterocycles. The SMILES string of the molecule is c1ccc(-c2cc(-c3cccc(-c4cccc(-c5ccc(-n6c7ccccc7c7ccccc76)cc5)c4)c3)nc(-c3ccccc3)n2)cc1. The Labute approximate surface area is 285 Å². The van der Waals surface area contributed by atoms with Crippen LogP contribution in [0, 0.1) is 0 Å². The number of para-hydroxylation sites is 2. The molecular formula is C46H31N3. The van der Waals surface area contributed by atoms with Crippen molar-refractivity contribution in [2.45, 2.75) is 0 Å². The minimum atomic E-state index is 0.716. The summed E-state index contributed by atoms with van der Waals surface area (Å²) in [4.78, 5) is 10.0. The first-order chi connectivity index (χ1) is 24.3. The number of hydrogen-bond donors (Lipinski definition) is 0. The lowest BCUT2D eigenvalue weighted by Gasteiger charge is -2.12. The van der Waals surface area contributed by atoms with Crippen LogP contribution in [0.15, 0.2) is 188 Å². The van der Waals surface area contributed by atoms with Gasteiger partial charge in [-0.1, -0.05) is 146 Å². The zero-order valence-corrected chi connectivity index (χ0v) is 26.7. The number of nitrogens with zero attached hydrogens (tertiary/aromatic N) is 3. The average molecular weight is 626 g/mol. The fraction of sp³-hybridized carbons (Fsp3) is 0. The van der Waals surface area contributed by atoms with E-state index in [1.165, 1.54) is 32.9 Å². The lowest BCUT2D eigenvalue weighted by atomic mass is 9.97. The maximum Gasteiger partial charge on any atom is 0.160 e. The quantitative estimate of drug-likeness (QED) is 0.184. The van der Waals surface area contributed by atoms with Gasteiger partial charge in [-0.15, -0.1) is 0 Å². The second kappa shape index (κ2) is 12.2. The van der Waals surface area contributed by atoms with Crippen molar-refractivity contribution in [2.75, 3.05) is 0 Å². The van der Waals surface area contributed by atoms with Crippen molar-refractivity contribution in [1.29, 1.82) is 0 Å². The molecule has 0 spiro atoms. The minimum absolute atomic E-state index is 0.716. The van der Waals surface area contributed by atoms with E-state index < -0.39 is 0 Å². The number of rotatable bonds is 6. The molecule has 0 aliphatic carbocycles. The zero-order chi connectivity index (χ0) is 32.6. The third-order valence-corrected chi connectivity index (χ3v) is 9.22. The Morgan fingerprint density at radius 1 is 0.306 bits per heavy atom. The molecule has 0 amide bonds. The molecule has 2 heterocycles. The van der Waals surface area contributed by atoms with Crippen LogP contribution in [0.4, 0.5) is 0 Å². The molecule has 0 atom stereocenters. The Kier molecular flexibility index (Phi) is 7.14. The van der Waals surface area contributed by atoms with E-state index in [0.717, 1.165) is 44.9 Å². The maximum absolute atomic E-state index is 5.05. The highest BCUT2D eigenvalue weighted by Crippen LogP contribution is 2.34. The van der Waals surface area contributed by atoms with Crippen LogP contribution in [0.25, 0.3) is 83.6 Å². The zero-order valence-electron chi connectivity index (χ0n) is 26.7. The average Bonchev–Trinajstić information content (AvgIpc) is 3.53. The summed E-state index contributed by atoms with van der Waals surface area (Å²) in [5.41, 5.74) is 13.2. The summed E-state index contributed by atoms with van der Waals surface area (Å²) in [6, 6.07) is 66.2. The van der Waals surface area contributed by atoms with Crippen molar-refractivity contribution in [3.8, 4) is 61.8 Å². The molecule has 9 rings (SSSR count). The normalized spacial score (nSPS) is 11.3. The Bertz CT molecular complexity index is 2470. The summed E-state index contributed by atoms with van der Waals surface area (Å²) in [6.07, 6.45) is 0.